The van der Waals surface area contributed by atoms with Crippen LogP contribution in [-0.4, -0.2) is 30.0 Å². The predicted octanol–water partition coefficient (Wildman–Crippen LogP) is 2.99. The van der Waals surface area contributed by atoms with E-state index in [0.29, 0.717) is 12.0 Å². The Balaban J connectivity index is 2.39. The first-order valence-electron chi connectivity index (χ1n) is 6.57. The summed E-state index contributed by atoms with van der Waals surface area (Å²) >= 11 is 0. The quantitative estimate of drug-likeness (QED) is 0.930. The molecule has 0 unspecified atom stereocenters. The van der Waals surface area contributed by atoms with Gasteiger partial charge in [-0.25, -0.2) is 0 Å². The lowest BCUT2D eigenvalue weighted by Gasteiger charge is -2.14. The number of rotatable bonds is 3. The van der Waals surface area contributed by atoms with Gasteiger partial charge >= 0.3 is 0 Å². The van der Waals surface area contributed by atoms with Crippen molar-refractivity contribution in [3.05, 3.63) is 64.7 Å². The van der Waals surface area contributed by atoms with Gasteiger partial charge in [0.2, 0.25) is 0 Å². The number of aromatic hydroxyl groups is 1. The third-order valence-electron chi connectivity index (χ3n) is 3.27. The van der Waals surface area contributed by atoms with E-state index in [1.807, 2.05) is 43.3 Å². The number of phenolic OH excluding ortho intramolecular Hbond substituents is 1. The molecular weight excluding hydrogens is 250 g/mol. The van der Waals surface area contributed by atoms with Crippen LogP contribution in [0.15, 0.2) is 42.5 Å². The molecule has 0 saturated carbocycles. The molecule has 104 valence electrons. The molecule has 3 nitrogen and oxygen atoms in total. The Morgan fingerprint density at radius 2 is 1.80 bits per heavy atom. The van der Waals surface area contributed by atoms with E-state index < -0.39 is 0 Å². The second kappa shape index (κ2) is 5.78. The summed E-state index contributed by atoms with van der Waals surface area (Å²) in [6.45, 7) is 1.99. The van der Waals surface area contributed by atoms with Gasteiger partial charge in [0.05, 0.1) is 0 Å². The minimum absolute atomic E-state index is 0.0206. The van der Waals surface area contributed by atoms with Gasteiger partial charge in [0.15, 0.2) is 0 Å². The molecule has 2 aromatic carbocycles. The van der Waals surface area contributed by atoms with Crippen molar-refractivity contribution in [2.45, 2.75) is 13.3 Å². The van der Waals surface area contributed by atoms with E-state index >= 15 is 0 Å². The first kappa shape index (κ1) is 14.1. The number of hydrogen-bond acceptors (Lipinski definition) is 2. The van der Waals surface area contributed by atoms with E-state index in [1.165, 1.54) is 0 Å². The van der Waals surface area contributed by atoms with E-state index in [9.17, 15) is 9.90 Å². The van der Waals surface area contributed by atoms with Gasteiger partial charge in [0.25, 0.3) is 5.91 Å². The van der Waals surface area contributed by atoms with Crippen LogP contribution in [0.4, 0.5) is 0 Å². The van der Waals surface area contributed by atoms with Crippen LogP contribution in [0.3, 0.4) is 0 Å². The summed E-state index contributed by atoms with van der Waals surface area (Å²) in [4.78, 5) is 13.7. The number of aryl methyl sites for hydroxylation is 1. The summed E-state index contributed by atoms with van der Waals surface area (Å²) in [6, 6.07) is 13.0. The number of carbonyl (C=O) groups excluding carboxylic acids is 1. The van der Waals surface area contributed by atoms with E-state index in [0.717, 1.165) is 16.7 Å². The molecule has 1 N–H and O–H groups in total. The molecule has 1 amide bonds. The van der Waals surface area contributed by atoms with Gasteiger partial charge in [0.1, 0.15) is 5.75 Å². The zero-order valence-corrected chi connectivity index (χ0v) is 12.1. The third-order valence-corrected chi connectivity index (χ3v) is 3.27. The predicted molar refractivity (Wildman–Crippen MR) is 80.1 cm³/mol. The molecule has 0 bridgehead atoms. The van der Waals surface area contributed by atoms with Crippen molar-refractivity contribution < 1.29 is 9.90 Å². The molecule has 0 spiro atoms. The van der Waals surface area contributed by atoms with E-state index in [4.69, 9.17) is 0 Å². The maximum atomic E-state index is 12.2. The number of phenols is 1. The van der Waals surface area contributed by atoms with Gasteiger partial charge < -0.3 is 10.0 Å². The first-order chi connectivity index (χ1) is 9.49. The molecule has 0 fully saturated rings. The minimum Gasteiger partial charge on any atom is -0.508 e. The molecule has 0 aliphatic rings. The molecule has 0 saturated heterocycles. The Kier molecular flexibility index (Phi) is 4.08. The summed E-state index contributed by atoms with van der Waals surface area (Å²) in [5.41, 5.74) is 3.53. The van der Waals surface area contributed by atoms with Crippen LogP contribution in [0.1, 0.15) is 27.0 Å². The van der Waals surface area contributed by atoms with Gasteiger partial charge in [-0.1, -0.05) is 35.9 Å². The number of benzene rings is 2. The van der Waals surface area contributed by atoms with Crippen LogP contribution in [0.2, 0.25) is 0 Å². The second-order valence-electron chi connectivity index (χ2n) is 5.17. The highest BCUT2D eigenvalue weighted by Crippen LogP contribution is 2.23. The molecule has 20 heavy (non-hydrogen) atoms. The monoisotopic (exact) mass is 269 g/mol. The highest BCUT2D eigenvalue weighted by Gasteiger charge is 2.14. The average molecular weight is 269 g/mol. The fraction of sp³-hybridized carbons (Fsp3) is 0.235. The Bertz CT molecular complexity index is 633. The van der Waals surface area contributed by atoms with Gasteiger partial charge in [-0.2, -0.15) is 0 Å². The number of amides is 1. The van der Waals surface area contributed by atoms with Crippen LogP contribution >= 0.6 is 0 Å². The van der Waals surface area contributed by atoms with Gasteiger partial charge in [-0.05, 0) is 30.2 Å². The van der Waals surface area contributed by atoms with Gasteiger partial charge in [-0.15, -0.1) is 0 Å². The molecule has 0 aliphatic heterocycles. The van der Waals surface area contributed by atoms with Crippen molar-refractivity contribution in [1.82, 2.24) is 4.90 Å². The van der Waals surface area contributed by atoms with Crippen molar-refractivity contribution in [3.63, 3.8) is 0 Å². The number of nitrogens with zero attached hydrogens (tertiary/aromatic N) is 1. The van der Waals surface area contributed by atoms with Crippen LogP contribution in [0.5, 0.6) is 5.75 Å². The summed E-state index contributed by atoms with van der Waals surface area (Å²) < 4.78 is 0. The van der Waals surface area contributed by atoms with Gasteiger partial charge in [0, 0.05) is 26.1 Å². The van der Waals surface area contributed by atoms with Crippen LogP contribution in [0.25, 0.3) is 0 Å². The molecule has 0 heterocycles. The molecule has 0 aliphatic carbocycles. The normalized spacial score (nSPS) is 10.3. The summed E-state index contributed by atoms with van der Waals surface area (Å²) in [5.74, 6) is 0.246. The SMILES string of the molecule is Cc1ccc(O)c(Cc2ccccc2C(=O)N(C)C)c1. The van der Waals surface area contributed by atoms with Gasteiger partial charge in [-0.3, -0.25) is 4.79 Å². The minimum atomic E-state index is -0.0206. The summed E-state index contributed by atoms with van der Waals surface area (Å²) in [6.07, 6.45) is 0.545. The molecule has 0 aromatic heterocycles. The van der Waals surface area contributed by atoms with Crippen molar-refractivity contribution in [1.29, 1.82) is 0 Å². The summed E-state index contributed by atoms with van der Waals surface area (Å²) in [7, 11) is 3.48. The first-order valence-corrected chi connectivity index (χ1v) is 6.57. The average Bonchev–Trinajstić information content (AvgIpc) is 2.42. The van der Waals surface area contributed by atoms with Crippen LogP contribution in [0, 0.1) is 6.92 Å². The maximum Gasteiger partial charge on any atom is 0.253 e. The molecule has 2 aromatic rings. The largest absolute Gasteiger partial charge is 0.508 e. The zero-order valence-electron chi connectivity index (χ0n) is 12.1. The lowest BCUT2D eigenvalue weighted by atomic mass is 9.97. The lowest BCUT2D eigenvalue weighted by molar-refractivity contribution is 0.0826. The van der Waals surface area contributed by atoms with Crippen LogP contribution < -0.4 is 0 Å². The third kappa shape index (κ3) is 2.99. The van der Waals surface area contributed by atoms with Crippen molar-refractivity contribution in [2.75, 3.05) is 14.1 Å². The number of carbonyl (C=O) groups is 1. The molecule has 3 heteroatoms. The van der Waals surface area contributed by atoms with Crippen molar-refractivity contribution in [2.24, 2.45) is 0 Å². The fourth-order valence-corrected chi connectivity index (χ4v) is 2.19. The Morgan fingerprint density at radius 3 is 2.50 bits per heavy atom. The molecule has 2 rings (SSSR count). The summed E-state index contributed by atoms with van der Waals surface area (Å²) in [5, 5.41) is 9.94. The van der Waals surface area contributed by atoms with Crippen molar-refractivity contribution in [3.8, 4) is 5.75 Å². The fourth-order valence-electron chi connectivity index (χ4n) is 2.19. The van der Waals surface area contributed by atoms with Crippen LogP contribution in [-0.2, 0) is 6.42 Å². The smallest absolute Gasteiger partial charge is 0.253 e. The van der Waals surface area contributed by atoms with E-state index in [-0.39, 0.29) is 11.7 Å². The Hall–Kier alpha value is -2.29. The van der Waals surface area contributed by atoms with E-state index in [2.05, 4.69) is 0 Å². The zero-order chi connectivity index (χ0) is 14.7. The molecule has 0 radical (unpaired) electrons. The Labute approximate surface area is 119 Å². The maximum absolute atomic E-state index is 12.2. The van der Waals surface area contributed by atoms with Crippen molar-refractivity contribution >= 4 is 5.91 Å². The lowest BCUT2D eigenvalue weighted by Crippen LogP contribution is -2.23. The van der Waals surface area contributed by atoms with E-state index in [1.54, 1.807) is 25.1 Å². The highest BCUT2D eigenvalue weighted by atomic mass is 16.3. The second-order valence-corrected chi connectivity index (χ2v) is 5.17. The molecular formula is C17H19NO2. The standard InChI is InChI=1S/C17H19NO2/c1-12-8-9-16(19)14(10-12)11-13-6-4-5-7-15(13)17(20)18(2)3/h4-10,19H,11H2,1-3H3. The number of hydrogen-bond donors (Lipinski definition) is 1. The molecule has 0 atom stereocenters. The topological polar surface area (TPSA) is 40.5 Å². The Morgan fingerprint density at radius 1 is 1.10 bits per heavy atom. The highest BCUT2D eigenvalue weighted by molar-refractivity contribution is 5.95.